The number of hydrogen-bond donors (Lipinski definition) is 0. The van der Waals surface area contributed by atoms with Crippen molar-refractivity contribution in [2.75, 3.05) is 0 Å². The molecule has 3 rings (SSSR count). The van der Waals surface area contributed by atoms with E-state index in [1.54, 1.807) is 18.5 Å². The summed E-state index contributed by atoms with van der Waals surface area (Å²) in [6.45, 7) is 0. The highest BCUT2D eigenvalue weighted by atomic mass is 19.1. The maximum Gasteiger partial charge on any atom is 0.161 e. The summed E-state index contributed by atoms with van der Waals surface area (Å²) in [7, 11) is 0. The first-order valence-electron chi connectivity index (χ1n) is 5.00. The van der Waals surface area contributed by atoms with Crippen molar-refractivity contribution in [1.29, 1.82) is 0 Å². The molecule has 15 heavy (non-hydrogen) atoms. The minimum Gasteiger partial charge on any atom is -0.327 e. The molecule has 2 aromatic heterocycles. The Morgan fingerprint density at radius 2 is 2.13 bits per heavy atom. The lowest BCUT2D eigenvalue weighted by atomic mass is 10.3. The summed E-state index contributed by atoms with van der Waals surface area (Å²) in [4.78, 5) is 8.20. The molecule has 0 radical (unpaired) electrons. The van der Waals surface area contributed by atoms with Crippen LogP contribution in [-0.4, -0.2) is 14.5 Å². The summed E-state index contributed by atoms with van der Waals surface area (Å²) in [6, 6.07) is 3.49. The standard InChI is InChI=1S/C11H10FN3/c12-9-2-1-5-13-10(9)11-14-6-7-15(11)8-3-4-8/h1-2,5-8H,3-4H2. The van der Waals surface area contributed by atoms with Gasteiger partial charge in [0.05, 0.1) is 0 Å². The van der Waals surface area contributed by atoms with Gasteiger partial charge in [-0.1, -0.05) is 0 Å². The van der Waals surface area contributed by atoms with Crippen molar-refractivity contribution in [3.8, 4) is 11.5 Å². The first-order chi connectivity index (χ1) is 7.36. The van der Waals surface area contributed by atoms with Crippen molar-refractivity contribution in [2.24, 2.45) is 0 Å². The Bertz CT molecular complexity index is 488. The normalized spacial score (nSPS) is 15.5. The molecule has 76 valence electrons. The van der Waals surface area contributed by atoms with Crippen LogP contribution in [0.1, 0.15) is 18.9 Å². The summed E-state index contributed by atoms with van der Waals surface area (Å²) in [5, 5.41) is 0. The van der Waals surface area contributed by atoms with Crippen LogP contribution in [0.2, 0.25) is 0 Å². The third-order valence-electron chi connectivity index (χ3n) is 2.58. The van der Waals surface area contributed by atoms with E-state index < -0.39 is 0 Å². The number of nitrogens with zero attached hydrogens (tertiary/aromatic N) is 3. The van der Waals surface area contributed by atoms with Crippen molar-refractivity contribution in [3.63, 3.8) is 0 Å². The van der Waals surface area contributed by atoms with Gasteiger partial charge in [0.1, 0.15) is 5.69 Å². The van der Waals surface area contributed by atoms with Crippen molar-refractivity contribution in [2.45, 2.75) is 18.9 Å². The zero-order valence-electron chi connectivity index (χ0n) is 8.10. The van der Waals surface area contributed by atoms with E-state index >= 15 is 0 Å². The van der Waals surface area contributed by atoms with Crippen molar-refractivity contribution < 1.29 is 4.39 Å². The number of halogens is 1. The summed E-state index contributed by atoms with van der Waals surface area (Å²) < 4.78 is 15.5. The van der Waals surface area contributed by atoms with Crippen LogP contribution in [0, 0.1) is 5.82 Å². The number of aromatic nitrogens is 3. The highest BCUT2D eigenvalue weighted by Crippen LogP contribution is 2.37. The second-order valence-electron chi connectivity index (χ2n) is 3.72. The van der Waals surface area contributed by atoms with E-state index in [4.69, 9.17) is 0 Å². The lowest BCUT2D eigenvalue weighted by molar-refractivity contribution is 0.620. The highest BCUT2D eigenvalue weighted by molar-refractivity contribution is 5.50. The Balaban J connectivity index is 2.12. The minimum atomic E-state index is -0.314. The molecule has 1 saturated carbocycles. The van der Waals surface area contributed by atoms with Crippen LogP contribution in [0.5, 0.6) is 0 Å². The maximum atomic E-state index is 13.5. The zero-order valence-corrected chi connectivity index (χ0v) is 8.10. The fraction of sp³-hybridized carbons (Fsp3) is 0.273. The Morgan fingerprint density at radius 1 is 1.27 bits per heavy atom. The lowest BCUT2D eigenvalue weighted by Gasteiger charge is -2.05. The molecule has 0 amide bonds. The van der Waals surface area contributed by atoms with E-state index in [1.165, 1.54) is 6.07 Å². The topological polar surface area (TPSA) is 30.7 Å². The molecule has 0 aromatic carbocycles. The average Bonchev–Trinajstić information content (AvgIpc) is 2.98. The monoisotopic (exact) mass is 203 g/mol. The first kappa shape index (κ1) is 8.59. The highest BCUT2D eigenvalue weighted by Gasteiger charge is 2.26. The van der Waals surface area contributed by atoms with E-state index in [1.807, 2.05) is 10.8 Å². The van der Waals surface area contributed by atoms with Gasteiger partial charge in [0.25, 0.3) is 0 Å². The Kier molecular flexibility index (Phi) is 1.80. The maximum absolute atomic E-state index is 13.5. The molecule has 0 spiro atoms. The molecule has 2 heterocycles. The number of pyridine rings is 1. The van der Waals surface area contributed by atoms with Crippen LogP contribution in [0.3, 0.4) is 0 Å². The van der Waals surface area contributed by atoms with Gasteiger partial charge >= 0.3 is 0 Å². The van der Waals surface area contributed by atoms with Gasteiger partial charge in [0.2, 0.25) is 0 Å². The third-order valence-corrected chi connectivity index (χ3v) is 2.58. The predicted molar refractivity (Wildman–Crippen MR) is 53.7 cm³/mol. The fourth-order valence-electron chi connectivity index (χ4n) is 1.69. The molecule has 0 unspecified atom stereocenters. The van der Waals surface area contributed by atoms with Crippen LogP contribution < -0.4 is 0 Å². The number of imidazole rings is 1. The summed E-state index contributed by atoms with van der Waals surface area (Å²) in [5.41, 5.74) is 0.342. The molecule has 1 aliphatic rings. The van der Waals surface area contributed by atoms with Gasteiger partial charge in [-0.3, -0.25) is 0 Å². The average molecular weight is 203 g/mol. The van der Waals surface area contributed by atoms with Crippen LogP contribution >= 0.6 is 0 Å². The third kappa shape index (κ3) is 1.42. The van der Waals surface area contributed by atoms with Crippen LogP contribution in [0.15, 0.2) is 30.7 Å². The van der Waals surface area contributed by atoms with Crippen molar-refractivity contribution in [1.82, 2.24) is 14.5 Å². The summed E-state index contributed by atoms with van der Waals surface area (Å²) >= 11 is 0. The number of rotatable bonds is 2. The molecular weight excluding hydrogens is 193 g/mol. The molecule has 0 bridgehead atoms. The largest absolute Gasteiger partial charge is 0.327 e. The minimum absolute atomic E-state index is 0.314. The molecule has 2 aromatic rings. The molecule has 1 fully saturated rings. The van der Waals surface area contributed by atoms with Gasteiger partial charge < -0.3 is 4.57 Å². The molecule has 0 aliphatic heterocycles. The van der Waals surface area contributed by atoms with Crippen LogP contribution in [0.4, 0.5) is 4.39 Å². The molecule has 0 atom stereocenters. The molecule has 1 aliphatic carbocycles. The van der Waals surface area contributed by atoms with E-state index in [-0.39, 0.29) is 5.82 Å². The van der Waals surface area contributed by atoms with Gasteiger partial charge in [0.15, 0.2) is 11.6 Å². The number of hydrogen-bond acceptors (Lipinski definition) is 2. The Labute approximate surface area is 86.6 Å². The summed E-state index contributed by atoms with van der Waals surface area (Å²) in [6.07, 6.45) is 7.48. The molecule has 3 nitrogen and oxygen atoms in total. The Morgan fingerprint density at radius 3 is 2.87 bits per heavy atom. The summed E-state index contributed by atoms with van der Waals surface area (Å²) in [5.74, 6) is 0.321. The first-order valence-corrected chi connectivity index (χ1v) is 5.00. The SMILES string of the molecule is Fc1cccnc1-c1nccn1C1CC1. The second kappa shape index (κ2) is 3.15. The van der Waals surface area contributed by atoms with Crippen molar-refractivity contribution >= 4 is 0 Å². The zero-order chi connectivity index (χ0) is 10.3. The molecule has 0 N–H and O–H groups in total. The molecule has 4 heteroatoms. The molecular formula is C11H10FN3. The van der Waals surface area contributed by atoms with Crippen molar-refractivity contribution in [3.05, 3.63) is 36.5 Å². The lowest BCUT2D eigenvalue weighted by Crippen LogP contribution is -1.99. The van der Waals surface area contributed by atoms with Gasteiger partial charge in [-0.15, -0.1) is 0 Å². The Hall–Kier alpha value is -1.71. The predicted octanol–water partition coefficient (Wildman–Crippen LogP) is 2.42. The smallest absolute Gasteiger partial charge is 0.161 e. The van der Waals surface area contributed by atoms with E-state index in [2.05, 4.69) is 9.97 Å². The second-order valence-corrected chi connectivity index (χ2v) is 3.72. The fourth-order valence-corrected chi connectivity index (χ4v) is 1.69. The van der Waals surface area contributed by atoms with Crippen LogP contribution in [0.25, 0.3) is 11.5 Å². The van der Waals surface area contributed by atoms with E-state index in [0.717, 1.165) is 12.8 Å². The van der Waals surface area contributed by atoms with E-state index in [0.29, 0.717) is 17.6 Å². The van der Waals surface area contributed by atoms with Gasteiger partial charge in [-0.05, 0) is 25.0 Å². The molecule has 0 saturated heterocycles. The quantitative estimate of drug-likeness (QED) is 0.750. The van der Waals surface area contributed by atoms with Crippen LogP contribution in [-0.2, 0) is 0 Å². The van der Waals surface area contributed by atoms with E-state index in [9.17, 15) is 4.39 Å². The van der Waals surface area contributed by atoms with Gasteiger partial charge in [-0.25, -0.2) is 14.4 Å². The van der Waals surface area contributed by atoms with Gasteiger partial charge in [-0.2, -0.15) is 0 Å². The van der Waals surface area contributed by atoms with Gasteiger partial charge in [0, 0.05) is 24.6 Å².